The quantitative estimate of drug-likeness (QED) is 0.107. The zero-order valence-electron chi connectivity index (χ0n) is 18.2. The van der Waals surface area contributed by atoms with Crippen LogP contribution in [0.1, 0.15) is 49.9 Å². The van der Waals surface area contributed by atoms with E-state index in [9.17, 15) is 23.1 Å². The first-order valence-corrected chi connectivity index (χ1v) is 11.6. The van der Waals surface area contributed by atoms with E-state index < -0.39 is 23.4 Å². The average molecular weight is 503 g/mol. The molecule has 0 aliphatic rings. The molecule has 2 unspecified atom stereocenters. The van der Waals surface area contributed by atoms with Gasteiger partial charge in [-0.3, -0.25) is 4.79 Å². The number of aliphatic hydroxyl groups is 1. The summed E-state index contributed by atoms with van der Waals surface area (Å²) in [5.41, 5.74) is 0.624. The molecular formula is C23H26ClF3N2O3S. The van der Waals surface area contributed by atoms with E-state index in [0.717, 1.165) is 6.42 Å². The number of oxime groups is 1. The summed E-state index contributed by atoms with van der Waals surface area (Å²) in [7, 11) is 0. The third kappa shape index (κ3) is 8.24. The van der Waals surface area contributed by atoms with Crippen LogP contribution in [-0.2, 0) is 0 Å². The number of hydrogen-bond donors (Lipinski definition) is 3. The van der Waals surface area contributed by atoms with Crippen molar-refractivity contribution < 1.29 is 28.3 Å². The van der Waals surface area contributed by atoms with Crippen molar-refractivity contribution in [3.8, 4) is 0 Å². The maximum absolute atomic E-state index is 13.4. The number of thioether (sulfide) groups is 1. The van der Waals surface area contributed by atoms with E-state index in [-0.39, 0.29) is 29.0 Å². The summed E-state index contributed by atoms with van der Waals surface area (Å²) in [6.07, 6.45) is 2.69. The van der Waals surface area contributed by atoms with E-state index in [1.807, 2.05) is 6.92 Å². The van der Waals surface area contributed by atoms with Gasteiger partial charge in [-0.25, -0.2) is 13.2 Å². The van der Waals surface area contributed by atoms with Gasteiger partial charge in [0.15, 0.2) is 17.5 Å². The molecule has 0 aliphatic heterocycles. The van der Waals surface area contributed by atoms with Crippen LogP contribution in [0.2, 0.25) is 5.02 Å². The second kappa shape index (κ2) is 12.9. The van der Waals surface area contributed by atoms with Crippen molar-refractivity contribution in [1.29, 1.82) is 0 Å². The Balaban J connectivity index is 2.18. The topological polar surface area (TPSA) is 81.9 Å². The van der Waals surface area contributed by atoms with Crippen LogP contribution in [-0.4, -0.2) is 33.8 Å². The summed E-state index contributed by atoms with van der Waals surface area (Å²) in [5, 5.41) is 24.2. The number of benzene rings is 2. The molecule has 2 aromatic carbocycles. The van der Waals surface area contributed by atoms with Gasteiger partial charge in [0, 0.05) is 40.1 Å². The van der Waals surface area contributed by atoms with Crippen molar-refractivity contribution in [2.45, 2.75) is 49.7 Å². The van der Waals surface area contributed by atoms with Crippen molar-refractivity contribution in [1.82, 2.24) is 0 Å². The van der Waals surface area contributed by atoms with Gasteiger partial charge in [0.2, 0.25) is 0 Å². The number of hydrogen-bond acceptors (Lipinski definition) is 5. The maximum atomic E-state index is 13.4. The summed E-state index contributed by atoms with van der Waals surface area (Å²) in [6.45, 7) is 3.82. The fourth-order valence-electron chi connectivity index (χ4n) is 3.37. The number of amides is 1. The lowest BCUT2D eigenvalue weighted by Crippen LogP contribution is -2.14. The van der Waals surface area contributed by atoms with Crippen LogP contribution in [0.15, 0.2) is 40.4 Å². The van der Waals surface area contributed by atoms with Crippen molar-refractivity contribution in [3.05, 3.63) is 58.4 Å². The second-order valence-electron chi connectivity index (χ2n) is 7.84. The molecule has 33 heavy (non-hydrogen) atoms. The number of nitrogens with one attached hydrogen (secondary N) is 1. The molecule has 0 heterocycles. The summed E-state index contributed by atoms with van der Waals surface area (Å²) >= 11 is 7.81. The van der Waals surface area contributed by atoms with Crippen molar-refractivity contribution in [2.24, 2.45) is 11.1 Å². The third-order valence-corrected chi connectivity index (χ3v) is 6.69. The van der Waals surface area contributed by atoms with Crippen LogP contribution in [0.4, 0.5) is 18.9 Å². The number of carbonyl (C=O) groups excluding carboxylic acids is 1. The third-order valence-electron chi connectivity index (χ3n) is 4.89. The normalized spacial score (nSPS) is 13.6. The number of nitrogens with zero attached hydrogens (tertiary/aromatic N) is 1. The van der Waals surface area contributed by atoms with Gasteiger partial charge >= 0.3 is 0 Å². The Bertz CT molecular complexity index is 984. The smallest absolute Gasteiger partial charge is 0.255 e. The Hall–Kier alpha value is -2.23. The Kier molecular flexibility index (Phi) is 10.5. The average Bonchev–Trinajstić information content (AvgIpc) is 2.76. The minimum Gasteiger partial charge on any atom is -0.411 e. The summed E-state index contributed by atoms with van der Waals surface area (Å²) in [4.78, 5) is 13.2. The lowest BCUT2D eigenvalue weighted by Gasteiger charge is -2.21. The molecule has 2 atom stereocenters. The molecule has 3 N–H and O–H groups in total. The lowest BCUT2D eigenvalue weighted by atomic mass is 9.97. The van der Waals surface area contributed by atoms with E-state index in [4.69, 9.17) is 16.8 Å². The molecule has 5 nitrogen and oxygen atoms in total. The summed E-state index contributed by atoms with van der Waals surface area (Å²) < 4.78 is 40.0. The molecule has 0 bridgehead atoms. The number of aliphatic hydroxyl groups excluding tert-OH is 1. The van der Waals surface area contributed by atoms with E-state index >= 15 is 0 Å². The first-order valence-electron chi connectivity index (χ1n) is 10.3. The minimum absolute atomic E-state index is 0.0452. The molecule has 0 radical (unpaired) electrons. The number of anilines is 1. The molecule has 0 fully saturated rings. The number of carbonyl (C=O) groups is 1. The second-order valence-corrected chi connectivity index (χ2v) is 9.59. The molecule has 0 aliphatic carbocycles. The molecule has 0 saturated carbocycles. The van der Waals surface area contributed by atoms with Gasteiger partial charge in [-0.2, -0.15) is 0 Å². The monoisotopic (exact) mass is 502 g/mol. The molecule has 2 aromatic rings. The largest absolute Gasteiger partial charge is 0.411 e. The fourth-order valence-corrected chi connectivity index (χ4v) is 5.06. The summed E-state index contributed by atoms with van der Waals surface area (Å²) in [5.74, 6) is -4.83. The van der Waals surface area contributed by atoms with Gasteiger partial charge in [-0.1, -0.05) is 23.7 Å². The molecular weight excluding hydrogens is 477 g/mol. The van der Waals surface area contributed by atoms with Gasteiger partial charge in [-0.15, -0.1) is 11.8 Å². The van der Waals surface area contributed by atoms with Crippen LogP contribution in [0, 0.1) is 23.4 Å². The molecule has 0 aromatic heterocycles. The van der Waals surface area contributed by atoms with Gasteiger partial charge in [0.1, 0.15) is 0 Å². The molecule has 10 heteroatoms. The van der Waals surface area contributed by atoms with Crippen LogP contribution in [0.25, 0.3) is 0 Å². The Morgan fingerprint density at radius 1 is 1.21 bits per heavy atom. The number of halogens is 4. The highest BCUT2D eigenvalue weighted by atomic mass is 35.5. The van der Waals surface area contributed by atoms with E-state index in [1.165, 1.54) is 17.8 Å². The molecule has 0 saturated heterocycles. The van der Waals surface area contributed by atoms with Crippen LogP contribution < -0.4 is 5.32 Å². The Morgan fingerprint density at radius 2 is 1.88 bits per heavy atom. The first-order chi connectivity index (χ1) is 15.6. The van der Waals surface area contributed by atoms with Gasteiger partial charge in [-0.05, 0) is 56.7 Å². The first kappa shape index (κ1) is 27.0. The highest BCUT2D eigenvalue weighted by molar-refractivity contribution is 8.00. The highest BCUT2D eigenvalue weighted by Crippen LogP contribution is 2.36. The van der Waals surface area contributed by atoms with Crippen molar-refractivity contribution in [2.75, 3.05) is 11.9 Å². The standard InChI is InChI=1S/C23H26ClF3N2O3S/c1-13(8-14(2)29-32)9-17(4-3-7-30)33-21-10-15(5-6-18(21)24)23(31)28-16-11-19(25)22(27)20(26)12-16/h5-6,10-13,17,30,32H,3-4,7-9H2,1-2H3,(H,28,31)/b29-14-. The molecule has 180 valence electrons. The van der Waals surface area contributed by atoms with Gasteiger partial charge in [0.05, 0.1) is 10.7 Å². The molecule has 2 rings (SSSR count). The van der Waals surface area contributed by atoms with Gasteiger partial charge in [0.25, 0.3) is 5.91 Å². The fraction of sp³-hybridized carbons (Fsp3) is 0.391. The van der Waals surface area contributed by atoms with E-state index in [2.05, 4.69) is 10.5 Å². The zero-order chi connectivity index (χ0) is 24.5. The Morgan fingerprint density at radius 3 is 2.48 bits per heavy atom. The SMILES string of the molecule is C/C(CC(C)CC(CCCO)Sc1cc(C(=O)Nc2cc(F)c(F)c(F)c2)ccc1Cl)=N/O. The highest BCUT2D eigenvalue weighted by Gasteiger charge is 2.19. The van der Waals surface area contributed by atoms with Gasteiger partial charge < -0.3 is 15.6 Å². The van der Waals surface area contributed by atoms with Crippen LogP contribution >= 0.6 is 23.4 Å². The lowest BCUT2D eigenvalue weighted by molar-refractivity contribution is 0.102. The minimum atomic E-state index is -1.61. The van der Waals surface area contributed by atoms with Crippen molar-refractivity contribution >= 4 is 40.7 Å². The molecule has 0 spiro atoms. The maximum Gasteiger partial charge on any atom is 0.255 e. The van der Waals surface area contributed by atoms with Crippen molar-refractivity contribution in [3.63, 3.8) is 0 Å². The van der Waals surface area contributed by atoms with E-state index in [0.29, 0.717) is 47.0 Å². The van der Waals surface area contributed by atoms with E-state index in [1.54, 1.807) is 19.1 Å². The van der Waals surface area contributed by atoms with Crippen LogP contribution in [0.3, 0.4) is 0 Å². The summed E-state index contributed by atoms with van der Waals surface area (Å²) in [6, 6.07) is 6.01. The predicted octanol–water partition coefficient (Wildman–Crippen LogP) is 6.51. The Labute approximate surface area is 200 Å². The van der Waals surface area contributed by atoms with Crippen LogP contribution in [0.5, 0.6) is 0 Å². The number of rotatable bonds is 11. The molecule has 1 amide bonds. The predicted molar refractivity (Wildman–Crippen MR) is 125 cm³/mol. The zero-order valence-corrected chi connectivity index (χ0v) is 19.8.